The van der Waals surface area contributed by atoms with E-state index in [0.29, 0.717) is 12.5 Å². The molecule has 0 unspecified atom stereocenters. The van der Waals surface area contributed by atoms with Crippen LogP contribution in [0.25, 0.3) is 0 Å². The molecule has 2 aromatic carbocycles. The lowest BCUT2D eigenvalue weighted by molar-refractivity contribution is -0.137. The van der Waals surface area contributed by atoms with E-state index in [-0.39, 0.29) is 24.5 Å². The molecule has 6 nitrogen and oxygen atoms in total. The third-order valence-corrected chi connectivity index (χ3v) is 7.32. The molecule has 2 N–H and O–H groups in total. The molecule has 1 fully saturated rings. The molecule has 1 saturated heterocycles. The highest BCUT2D eigenvalue weighted by molar-refractivity contribution is 7.89. The van der Waals surface area contributed by atoms with Gasteiger partial charge in [-0.25, -0.2) is 8.42 Å². The van der Waals surface area contributed by atoms with Crippen molar-refractivity contribution >= 4 is 15.9 Å². The second-order valence-corrected chi connectivity index (χ2v) is 9.86. The second-order valence-electron chi connectivity index (χ2n) is 7.97. The summed E-state index contributed by atoms with van der Waals surface area (Å²) in [6.45, 7) is 4.88. The van der Waals surface area contributed by atoms with Gasteiger partial charge in [0.2, 0.25) is 15.9 Å². The summed E-state index contributed by atoms with van der Waals surface area (Å²) in [5.41, 5.74) is 1.11. The Hall–Kier alpha value is -2.43. The normalized spacial score (nSPS) is 18.0. The monoisotopic (exact) mass is 469 g/mol. The summed E-state index contributed by atoms with van der Waals surface area (Å²) < 4.78 is 65.6. The number of rotatable bonds is 6. The van der Waals surface area contributed by atoms with Gasteiger partial charge in [-0.3, -0.25) is 4.79 Å². The largest absolute Gasteiger partial charge is 0.416 e. The number of hydrogen-bond donors (Lipinski definition) is 2. The van der Waals surface area contributed by atoms with Crippen LogP contribution in [0.4, 0.5) is 13.2 Å². The molecular weight excluding hydrogens is 443 g/mol. The average molecular weight is 470 g/mol. The van der Waals surface area contributed by atoms with E-state index in [1.54, 1.807) is 0 Å². The molecule has 1 aliphatic heterocycles. The first kappa shape index (κ1) is 24.2. The maximum absolute atomic E-state index is 13.1. The van der Waals surface area contributed by atoms with E-state index in [9.17, 15) is 26.4 Å². The van der Waals surface area contributed by atoms with Gasteiger partial charge < -0.3 is 10.6 Å². The Balaban J connectivity index is 1.73. The Kier molecular flexibility index (Phi) is 7.26. The minimum Gasteiger partial charge on any atom is -0.351 e. The van der Waals surface area contributed by atoms with Crippen LogP contribution in [0.1, 0.15) is 36.5 Å². The molecule has 32 heavy (non-hydrogen) atoms. The van der Waals surface area contributed by atoms with Crippen LogP contribution in [0, 0.1) is 0 Å². The first-order valence-corrected chi connectivity index (χ1v) is 11.7. The van der Waals surface area contributed by atoms with Crippen molar-refractivity contribution in [3.63, 3.8) is 0 Å². The third kappa shape index (κ3) is 5.48. The van der Waals surface area contributed by atoms with E-state index < -0.39 is 33.7 Å². The molecule has 1 atom stereocenters. The van der Waals surface area contributed by atoms with Crippen LogP contribution in [0.3, 0.4) is 0 Å². The molecule has 10 heteroatoms. The highest BCUT2D eigenvalue weighted by Gasteiger charge is 2.38. The number of piperazine rings is 1. The van der Waals surface area contributed by atoms with Crippen LogP contribution in [-0.4, -0.2) is 44.3 Å². The van der Waals surface area contributed by atoms with E-state index in [1.807, 2.05) is 24.3 Å². The van der Waals surface area contributed by atoms with Crippen molar-refractivity contribution in [3.8, 4) is 0 Å². The predicted molar refractivity (Wildman–Crippen MR) is 114 cm³/mol. The topological polar surface area (TPSA) is 78.5 Å². The molecule has 3 rings (SSSR count). The van der Waals surface area contributed by atoms with Crippen molar-refractivity contribution in [1.82, 2.24) is 14.9 Å². The summed E-state index contributed by atoms with van der Waals surface area (Å²) in [4.78, 5) is 12.5. The minimum atomic E-state index is -4.56. The molecule has 1 amide bonds. The molecular formula is C22H26F3N3O3S. The van der Waals surface area contributed by atoms with Gasteiger partial charge in [0, 0.05) is 26.2 Å². The lowest BCUT2D eigenvalue weighted by Crippen LogP contribution is -2.59. The molecule has 174 valence electrons. The molecule has 0 aliphatic carbocycles. The van der Waals surface area contributed by atoms with Crippen molar-refractivity contribution < 1.29 is 26.4 Å². The lowest BCUT2D eigenvalue weighted by Gasteiger charge is -2.34. The van der Waals surface area contributed by atoms with Crippen molar-refractivity contribution in [2.75, 3.05) is 19.6 Å². The van der Waals surface area contributed by atoms with E-state index in [2.05, 4.69) is 24.5 Å². The maximum Gasteiger partial charge on any atom is 0.416 e. The number of carbonyl (C=O) groups excluding carboxylic acids is 1. The maximum atomic E-state index is 13.1. The summed E-state index contributed by atoms with van der Waals surface area (Å²) in [7, 11) is -4.15. The van der Waals surface area contributed by atoms with Crippen molar-refractivity contribution in [1.29, 1.82) is 0 Å². The van der Waals surface area contributed by atoms with Crippen LogP contribution in [-0.2, 0) is 27.5 Å². The zero-order valence-corrected chi connectivity index (χ0v) is 18.6. The third-order valence-electron chi connectivity index (χ3n) is 5.40. The number of benzene rings is 2. The number of sulfonamides is 1. The fraction of sp³-hybridized carbons (Fsp3) is 0.409. The summed E-state index contributed by atoms with van der Waals surface area (Å²) in [6.07, 6.45) is -4.56. The van der Waals surface area contributed by atoms with Crippen LogP contribution in [0.2, 0.25) is 0 Å². The lowest BCUT2D eigenvalue weighted by atomic mass is 10.0. The van der Waals surface area contributed by atoms with Gasteiger partial charge >= 0.3 is 6.18 Å². The van der Waals surface area contributed by atoms with Crippen LogP contribution >= 0.6 is 0 Å². The van der Waals surface area contributed by atoms with E-state index >= 15 is 0 Å². The molecule has 0 saturated carbocycles. The highest BCUT2D eigenvalue weighted by Crippen LogP contribution is 2.30. The Morgan fingerprint density at radius 1 is 1.12 bits per heavy atom. The molecule has 0 spiro atoms. The Labute approximate surface area is 185 Å². The second kappa shape index (κ2) is 9.60. The van der Waals surface area contributed by atoms with Gasteiger partial charge in [-0.2, -0.15) is 17.5 Å². The van der Waals surface area contributed by atoms with Gasteiger partial charge in [0.15, 0.2) is 0 Å². The number of alkyl halides is 3. The van der Waals surface area contributed by atoms with E-state index in [0.717, 1.165) is 34.1 Å². The Bertz CT molecular complexity index is 1040. The standard InChI is InChI=1S/C22H26F3N3O3S/c1-15(2)17-5-3-16(4-6-17)13-27-21(29)20-14-26-11-12-28(20)32(30,31)19-9-7-18(8-10-19)22(23,24)25/h3-10,15,20,26H,11-14H2,1-2H3,(H,27,29)/t20-/m1/s1. The number of nitrogens with one attached hydrogen (secondary N) is 2. The number of halogens is 3. The van der Waals surface area contributed by atoms with E-state index in [4.69, 9.17) is 0 Å². The number of carbonyl (C=O) groups is 1. The summed E-state index contributed by atoms with van der Waals surface area (Å²) in [6, 6.07) is 10.1. The van der Waals surface area contributed by atoms with Gasteiger partial charge in [0.25, 0.3) is 0 Å². The molecule has 0 bridgehead atoms. The van der Waals surface area contributed by atoms with Crippen LogP contribution < -0.4 is 10.6 Å². The molecule has 1 heterocycles. The zero-order valence-electron chi connectivity index (χ0n) is 17.8. The number of hydrogen-bond acceptors (Lipinski definition) is 4. The summed E-state index contributed by atoms with van der Waals surface area (Å²) in [5, 5.41) is 5.77. The van der Waals surface area contributed by atoms with Gasteiger partial charge in [-0.1, -0.05) is 38.1 Å². The SMILES string of the molecule is CC(C)c1ccc(CNC(=O)[C@H]2CNCCN2S(=O)(=O)c2ccc(C(F)(F)F)cc2)cc1. The predicted octanol–water partition coefficient (Wildman–Crippen LogP) is 3.11. The average Bonchev–Trinajstić information content (AvgIpc) is 2.77. The summed E-state index contributed by atoms with van der Waals surface area (Å²) >= 11 is 0. The molecule has 2 aromatic rings. The van der Waals surface area contributed by atoms with Gasteiger partial charge in [-0.05, 0) is 41.3 Å². The molecule has 0 aromatic heterocycles. The highest BCUT2D eigenvalue weighted by atomic mass is 32.2. The summed E-state index contributed by atoms with van der Waals surface area (Å²) in [5.74, 6) is -0.0865. The Morgan fingerprint density at radius 3 is 2.31 bits per heavy atom. The fourth-order valence-corrected chi connectivity index (χ4v) is 5.06. The zero-order chi connectivity index (χ0) is 23.5. The van der Waals surface area contributed by atoms with Gasteiger partial charge in [0.05, 0.1) is 10.5 Å². The smallest absolute Gasteiger partial charge is 0.351 e. The number of amides is 1. The van der Waals surface area contributed by atoms with Crippen molar-refractivity contribution in [3.05, 3.63) is 65.2 Å². The van der Waals surface area contributed by atoms with Crippen LogP contribution in [0.15, 0.2) is 53.4 Å². The van der Waals surface area contributed by atoms with Crippen molar-refractivity contribution in [2.24, 2.45) is 0 Å². The van der Waals surface area contributed by atoms with Crippen LogP contribution in [0.5, 0.6) is 0 Å². The van der Waals surface area contributed by atoms with Gasteiger partial charge in [-0.15, -0.1) is 0 Å². The van der Waals surface area contributed by atoms with Crippen molar-refractivity contribution in [2.45, 2.75) is 43.4 Å². The first-order chi connectivity index (χ1) is 15.0. The fourth-order valence-electron chi connectivity index (χ4n) is 3.48. The first-order valence-electron chi connectivity index (χ1n) is 10.3. The molecule has 0 radical (unpaired) electrons. The minimum absolute atomic E-state index is 0.0323. The number of nitrogens with zero attached hydrogens (tertiary/aromatic N) is 1. The quantitative estimate of drug-likeness (QED) is 0.682. The van der Waals surface area contributed by atoms with Gasteiger partial charge in [0.1, 0.15) is 6.04 Å². The Morgan fingerprint density at radius 2 is 1.75 bits per heavy atom. The van der Waals surface area contributed by atoms with E-state index in [1.165, 1.54) is 5.56 Å². The molecule has 1 aliphatic rings.